The zero-order valence-electron chi connectivity index (χ0n) is 17.5. The number of nitrogens with zero attached hydrogens (tertiary/aromatic N) is 1. The largest absolute Gasteiger partial charge is 0.377 e. The molecule has 0 spiro atoms. The van der Waals surface area contributed by atoms with Gasteiger partial charge in [-0.2, -0.15) is 0 Å². The maximum atomic E-state index is 2.38. The topological polar surface area (TPSA) is 3.24 Å². The highest BCUT2D eigenvalue weighted by atomic mass is 15.1. The molecule has 0 aromatic heterocycles. The van der Waals surface area contributed by atoms with E-state index in [2.05, 4.69) is 113 Å². The van der Waals surface area contributed by atoms with Gasteiger partial charge in [0.1, 0.15) is 0 Å². The van der Waals surface area contributed by atoms with Gasteiger partial charge < -0.3 is 4.90 Å². The van der Waals surface area contributed by atoms with Crippen molar-refractivity contribution in [2.45, 2.75) is 39.5 Å². The molecule has 0 saturated heterocycles. The summed E-state index contributed by atoms with van der Waals surface area (Å²) in [7, 11) is 4.31. The van der Waals surface area contributed by atoms with Crippen molar-refractivity contribution in [2.24, 2.45) is 0 Å². The molecule has 0 bridgehead atoms. The standard InChI is InChI=1S/C26H31N/c1-18(2)24-16-23(17-25(19(3)4)26(24)27(5)6)22-14-12-21(13-15-22)20-10-8-7-9-11-20/h7-19H,1-6H3. The van der Waals surface area contributed by atoms with Crippen molar-refractivity contribution in [3.05, 3.63) is 77.9 Å². The van der Waals surface area contributed by atoms with Crippen LogP contribution in [0, 0.1) is 0 Å². The van der Waals surface area contributed by atoms with Crippen molar-refractivity contribution in [3.8, 4) is 22.3 Å². The van der Waals surface area contributed by atoms with E-state index in [1.165, 1.54) is 39.1 Å². The Morgan fingerprint density at radius 2 is 0.963 bits per heavy atom. The van der Waals surface area contributed by atoms with E-state index in [0.29, 0.717) is 11.8 Å². The molecule has 0 fully saturated rings. The third-order valence-corrected chi connectivity index (χ3v) is 5.19. The van der Waals surface area contributed by atoms with Crippen LogP contribution < -0.4 is 4.90 Å². The smallest absolute Gasteiger partial charge is 0.0431 e. The van der Waals surface area contributed by atoms with Gasteiger partial charge in [0, 0.05) is 19.8 Å². The van der Waals surface area contributed by atoms with E-state index in [9.17, 15) is 0 Å². The van der Waals surface area contributed by atoms with Crippen LogP contribution in [0.25, 0.3) is 22.3 Å². The van der Waals surface area contributed by atoms with Gasteiger partial charge in [-0.15, -0.1) is 0 Å². The Bertz CT molecular complexity index is 858. The molecule has 27 heavy (non-hydrogen) atoms. The maximum Gasteiger partial charge on any atom is 0.0431 e. The third kappa shape index (κ3) is 4.08. The van der Waals surface area contributed by atoms with Gasteiger partial charge in [0.15, 0.2) is 0 Å². The van der Waals surface area contributed by atoms with Crippen LogP contribution in [-0.2, 0) is 0 Å². The lowest BCUT2D eigenvalue weighted by atomic mass is 9.87. The van der Waals surface area contributed by atoms with E-state index in [4.69, 9.17) is 0 Å². The van der Waals surface area contributed by atoms with Gasteiger partial charge in [-0.3, -0.25) is 0 Å². The lowest BCUT2D eigenvalue weighted by molar-refractivity contribution is 0.823. The fourth-order valence-electron chi connectivity index (χ4n) is 3.73. The molecule has 0 unspecified atom stereocenters. The van der Waals surface area contributed by atoms with Crippen LogP contribution in [0.4, 0.5) is 5.69 Å². The molecule has 0 aliphatic carbocycles. The van der Waals surface area contributed by atoms with Gasteiger partial charge in [-0.05, 0) is 57.3 Å². The Morgan fingerprint density at radius 3 is 1.37 bits per heavy atom. The van der Waals surface area contributed by atoms with Crippen LogP contribution in [-0.4, -0.2) is 14.1 Å². The third-order valence-electron chi connectivity index (χ3n) is 5.19. The molecule has 0 saturated carbocycles. The summed E-state index contributed by atoms with van der Waals surface area (Å²) < 4.78 is 0. The Morgan fingerprint density at radius 1 is 0.556 bits per heavy atom. The first kappa shape index (κ1) is 19.2. The first-order valence-corrected chi connectivity index (χ1v) is 9.89. The second-order valence-corrected chi connectivity index (χ2v) is 8.15. The molecule has 0 heterocycles. The molecule has 0 radical (unpaired) electrons. The van der Waals surface area contributed by atoms with Gasteiger partial charge in [-0.1, -0.05) is 82.3 Å². The highest BCUT2D eigenvalue weighted by Gasteiger charge is 2.18. The van der Waals surface area contributed by atoms with Crippen LogP contribution in [0.3, 0.4) is 0 Å². The molecule has 3 aromatic carbocycles. The van der Waals surface area contributed by atoms with Gasteiger partial charge in [0.2, 0.25) is 0 Å². The summed E-state index contributed by atoms with van der Waals surface area (Å²) in [4.78, 5) is 2.27. The second-order valence-electron chi connectivity index (χ2n) is 8.15. The maximum absolute atomic E-state index is 2.38. The van der Waals surface area contributed by atoms with Gasteiger partial charge in [0.25, 0.3) is 0 Å². The molecule has 0 aliphatic rings. The van der Waals surface area contributed by atoms with Crippen molar-refractivity contribution in [1.29, 1.82) is 0 Å². The fourth-order valence-corrected chi connectivity index (χ4v) is 3.73. The minimum Gasteiger partial charge on any atom is -0.377 e. The van der Waals surface area contributed by atoms with Crippen molar-refractivity contribution in [3.63, 3.8) is 0 Å². The number of anilines is 1. The highest BCUT2D eigenvalue weighted by molar-refractivity contribution is 5.75. The van der Waals surface area contributed by atoms with Crippen molar-refractivity contribution in [2.75, 3.05) is 19.0 Å². The second kappa shape index (κ2) is 8.00. The molecule has 1 nitrogen and oxygen atoms in total. The first-order chi connectivity index (χ1) is 12.9. The van der Waals surface area contributed by atoms with Crippen LogP contribution in [0.1, 0.15) is 50.7 Å². The average molecular weight is 358 g/mol. The number of hydrogen-bond acceptors (Lipinski definition) is 1. The van der Waals surface area contributed by atoms with Crippen LogP contribution in [0.5, 0.6) is 0 Å². The zero-order chi connectivity index (χ0) is 19.6. The van der Waals surface area contributed by atoms with Crippen molar-refractivity contribution in [1.82, 2.24) is 0 Å². The first-order valence-electron chi connectivity index (χ1n) is 9.89. The van der Waals surface area contributed by atoms with Crippen LogP contribution in [0.15, 0.2) is 66.7 Å². The quantitative estimate of drug-likeness (QED) is 0.462. The number of benzene rings is 3. The minimum absolute atomic E-state index is 0.489. The molecule has 0 N–H and O–H groups in total. The number of rotatable bonds is 5. The summed E-state index contributed by atoms with van der Waals surface area (Å²) in [5.41, 5.74) is 9.35. The fraction of sp³-hybridized carbons (Fsp3) is 0.308. The Labute approximate surface area is 164 Å². The molecule has 3 rings (SSSR count). The van der Waals surface area contributed by atoms with E-state index in [1.54, 1.807) is 0 Å². The van der Waals surface area contributed by atoms with E-state index in [-0.39, 0.29) is 0 Å². The Hall–Kier alpha value is -2.54. The van der Waals surface area contributed by atoms with E-state index in [0.717, 1.165) is 0 Å². The Kier molecular flexibility index (Phi) is 5.70. The van der Waals surface area contributed by atoms with E-state index >= 15 is 0 Å². The highest BCUT2D eigenvalue weighted by Crippen LogP contribution is 2.38. The summed E-state index contributed by atoms with van der Waals surface area (Å²) in [5.74, 6) is 0.979. The molecule has 0 amide bonds. The summed E-state index contributed by atoms with van der Waals surface area (Å²) in [6, 6.07) is 24.3. The van der Waals surface area contributed by atoms with Crippen molar-refractivity contribution < 1.29 is 0 Å². The molecule has 1 heteroatoms. The zero-order valence-corrected chi connectivity index (χ0v) is 17.5. The lowest BCUT2D eigenvalue weighted by Gasteiger charge is -2.26. The minimum atomic E-state index is 0.489. The van der Waals surface area contributed by atoms with E-state index in [1.807, 2.05) is 0 Å². The molecule has 3 aromatic rings. The number of hydrogen-bond donors (Lipinski definition) is 0. The van der Waals surface area contributed by atoms with Crippen molar-refractivity contribution >= 4 is 5.69 Å². The molecule has 0 aliphatic heterocycles. The van der Waals surface area contributed by atoms with E-state index < -0.39 is 0 Å². The molecular formula is C26H31N. The summed E-state index contributed by atoms with van der Waals surface area (Å²) in [6.07, 6.45) is 0. The normalized spacial score (nSPS) is 11.3. The predicted octanol–water partition coefficient (Wildman–Crippen LogP) is 7.33. The monoisotopic (exact) mass is 357 g/mol. The predicted molar refractivity (Wildman–Crippen MR) is 120 cm³/mol. The molecular weight excluding hydrogens is 326 g/mol. The summed E-state index contributed by atoms with van der Waals surface area (Å²) in [5, 5.41) is 0. The summed E-state index contributed by atoms with van der Waals surface area (Å²) >= 11 is 0. The van der Waals surface area contributed by atoms with Gasteiger partial charge in [0.05, 0.1) is 0 Å². The molecule has 0 atom stereocenters. The van der Waals surface area contributed by atoms with Gasteiger partial charge >= 0.3 is 0 Å². The van der Waals surface area contributed by atoms with Crippen LogP contribution >= 0.6 is 0 Å². The summed E-state index contributed by atoms with van der Waals surface area (Å²) in [6.45, 7) is 9.15. The SMILES string of the molecule is CC(C)c1cc(-c2ccc(-c3ccccc3)cc2)cc(C(C)C)c1N(C)C. The average Bonchev–Trinajstić information content (AvgIpc) is 2.67. The van der Waals surface area contributed by atoms with Crippen LogP contribution in [0.2, 0.25) is 0 Å². The molecule has 140 valence electrons. The Balaban J connectivity index is 2.09. The lowest BCUT2D eigenvalue weighted by Crippen LogP contribution is -2.15. The van der Waals surface area contributed by atoms with Gasteiger partial charge in [-0.25, -0.2) is 0 Å².